The number of benzene rings is 1. The zero-order chi connectivity index (χ0) is 15.2. The summed E-state index contributed by atoms with van der Waals surface area (Å²) in [5, 5.41) is 18.1. The number of aromatic nitrogens is 2. The summed E-state index contributed by atoms with van der Waals surface area (Å²) < 4.78 is 0. The molecule has 6 heteroatoms. The summed E-state index contributed by atoms with van der Waals surface area (Å²) in [5.41, 5.74) is 1.70. The molecule has 1 amide bonds. The number of carboxylic acid groups (broad SMARTS) is 1. The lowest BCUT2D eigenvalue weighted by Gasteiger charge is -2.11. The molecular formula is C15H15N3O3. The van der Waals surface area contributed by atoms with Gasteiger partial charge in [-0.3, -0.25) is 9.89 Å². The van der Waals surface area contributed by atoms with E-state index in [0.717, 1.165) is 5.56 Å². The molecule has 0 spiro atoms. The molecule has 2 rings (SSSR count). The number of aromatic amines is 1. The van der Waals surface area contributed by atoms with Gasteiger partial charge in [-0.1, -0.05) is 36.4 Å². The second kappa shape index (κ2) is 6.51. The van der Waals surface area contributed by atoms with Crippen LogP contribution in [0.25, 0.3) is 11.3 Å². The fourth-order valence-electron chi connectivity index (χ4n) is 1.82. The highest BCUT2D eigenvalue weighted by atomic mass is 16.4. The summed E-state index contributed by atoms with van der Waals surface area (Å²) in [5.74, 6) is -1.62. The Balaban J connectivity index is 2.12. The van der Waals surface area contributed by atoms with Gasteiger partial charge in [0.15, 0.2) is 0 Å². The molecule has 0 radical (unpaired) electrons. The van der Waals surface area contributed by atoms with Gasteiger partial charge in [0.2, 0.25) is 0 Å². The molecule has 6 nitrogen and oxygen atoms in total. The number of hydrogen-bond acceptors (Lipinski definition) is 3. The predicted molar refractivity (Wildman–Crippen MR) is 77.7 cm³/mol. The molecule has 1 aromatic heterocycles. The summed E-state index contributed by atoms with van der Waals surface area (Å²) in [6.45, 7) is 3.47. The molecule has 0 fully saturated rings. The van der Waals surface area contributed by atoms with Gasteiger partial charge in [0.05, 0.1) is 5.69 Å². The topological polar surface area (TPSA) is 95.1 Å². The van der Waals surface area contributed by atoms with Crippen LogP contribution in [0.2, 0.25) is 0 Å². The number of carboxylic acids is 1. The van der Waals surface area contributed by atoms with Crippen molar-refractivity contribution in [3.63, 3.8) is 0 Å². The van der Waals surface area contributed by atoms with Gasteiger partial charge in [0.25, 0.3) is 5.91 Å². The molecular weight excluding hydrogens is 270 g/mol. The van der Waals surface area contributed by atoms with Crippen molar-refractivity contribution in [1.82, 2.24) is 15.5 Å². The van der Waals surface area contributed by atoms with Crippen LogP contribution in [0.3, 0.4) is 0 Å². The average Bonchev–Trinajstić information content (AvgIpc) is 2.97. The number of carbonyl (C=O) groups is 2. The third kappa shape index (κ3) is 3.56. The minimum Gasteiger partial charge on any atom is -0.480 e. The molecule has 0 saturated heterocycles. The number of carbonyl (C=O) groups excluding carboxylic acids is 1. The number of nitrogens with zero attached hydrogens (tertiary/aromatic N) is 1. The molecule has 1 aromatic carbocycles. The maximum Gasteiger partial charge on any atom is 0.326 e. The SMILES string of the molecule is C=CCC(NC(=O)c1cc(-c2ccccc2)n[nH]1)C(=O)O. The van der Waals surface area contributed by atoms with Gasteiger partial charge < -0.3 is 10.4 Å². The summed E-state index contributed by atoms with van der Waals surface area (Å²) in [6.07, 6.45) is 1.60. The number of amides is 1. The monoisotopic (exact) mass is 285 g/mol. The molecule has 3 N–H and O–H groups in total. The zero-order valence-electron chi connectivity index (χ0n) is 11.2. The maximum absolute atomic E-state index is 12.0. The molecule has 0 aliphatic carbocycles. The van der Waals surface area contributed by atoms with Crippen molar-refractivity contribution in [2.24, 2.45) is 0 Å². The first kappa shape index (κ1) is 14.5. The van der Waals surface area contributed by atoms with Crippen molar-refractivity contribution in [1.29, 1.82) is 0 Å². The molecule has 1 unspecified atom stereocenters. The Labute approximate surface area is 121 Å². The third-order valence-electron chi connectivity index (χ3n) is 2.90. The standard InChI is InChI=1S/C15H15N3O3/c1-2-6-11(15(20)21)16-14(19)13-9-12(17-18-13)10-7-4-3-5-8-10/h2-5,7-9,11H,1,6H2,(H,16,19)(H,17,18)(H,20,21). The number of aliphatic carboxylic acids is 1. The number of H-pyrrole nitrogens is 1. The lowest BCUT2D eigenvalue weighted by Crippen LogP contribution is -2.40. The van der Waals surface area contributed by atoms with Crippen LogP contribution in [-0.4, -0.2) is 33.2 Å². The number of nitrogens with one attached hydrogen (secondary N) is 2. The Bertz CT molecular complexity index is 649. The van der Waals surface area contributed by atoms with E-state index < -0.39 is 17.9 Å². The van der Waals surface area contributed by atoms with Crippen LogP contribution in [-0.2, 0) is 4.79 Å². The molecule has 0 aliphatic heterocycles. The fourth-order valence-corrected chi connectivity index (χ4v) is 1.82. The predicted octanol–water partition coefficient (Wildman–Crippen LogP) is 1.84. The van der Waals surface area contributed by atoms with E-state index in [1.807, 2.05) is 30.3 Å². The smallest absolute Gasteiger partial charge is 0.326 e. The van der Waals surface area contributed by atoms with E-state index in [1.54, 1.807) is 6.07 Å². The molecule has 0 saturated carbocycles. The van der Waals surface area contributed by atoms with E-state index >= 15 is 0 Å². The van der Waals surface area contributed by atoms with Gasteiger partial charge in [0.1, 0.15) is 11.7 Å². The number of hydrogen-bond donors (Lipinski definition) is 3. The quantitative estimate of drug-likeness (QED) is 0.706. The highest BCUT2D eigenvalue weighted by Gasteiger charge is 2.20. The fraction of sp³-hybridized carbons (Fsp3) is 0.133. The van der Waals surface area contributed by atoms with E-state index in [9.17, 15) is 9.59 Å². The van der Waals surface area contributed by atoms with Crippen LogP contribution in [0.1, 0.15) is 16.9 Å². The maximum atomic E-state index is 12.0. The number of rotatable bonds is 6. The first-order chi connectivity index (χ1) is 10.1. The van der Waals surface area contributed by atoms with Crippen LogP contribution in [0, 0.1) is 0 Å². The molecule has 108 valence electrons. The zero-order valence-corrected chi connectivity index (χ0v) is 11.2. The van der Waals surface area contributed by atoms with Crippen LogP contribution in [0.4, 0.5) is 0 Å². The Morgan fingerprint density at radius 1 is 1.38 bits per heavy atom. The van der Waals surface area contributed by atoms with Crippen molar-refractivity contribution >= 4 is 11.9 Å². The van der Waals surface area contributed by atoms with Crippen molar-refractivity contribution < 1.29 is 14.7 Å². The Kier molecular flexibility index (Phi) is 4.50. The lowest BCUT2D eigenvalue weighted by molar-refractivity contribution is -0.139. The van der Waals surface area contributed by atoms with Crippen molar-refractivity contribution in [3.05, 3.63) is 54.7 Å². The van der Waals surface area contributed by atoms with Crippen molar-refractivity contribution in [3.8, 4) is 11.3 Å². The van der Waals surface area contributed by atoms with Crippen molar-refractivity contribution in [2.45, 2.75) is 12.5 Å². The van der Waals surface area contributed by atoms with Crippen LogP contribution >= 0.6 is 0 Å². The lowest BCUT2D eigenvalue weighted by atomic mass is 10.1. The molecule has 1 atom stereocenters. The molecule has 1 heterocycles. The average molecular weight is 285 g/mol. The summed E-state index contributed by atoms with van der Waals surface area (Å²) in [6, 6.07) is 9.94. The molecule has 0 aliphatic rings. The Morgan fingerprint density at radius 2 is 2.10 bits per heavy atom. The highest BCUT2D eigenvalue weighted by molar-refractivity contribution is 5.95. The van der Waals surface area contributed by atoms with E-state index in [1.165, 1.54) is 6.08 Å². The van der Waals surface area contributed by atoms with Gasteiger partial charge in [-0.05, 0) is 12.5 Å². The van der Waals surface area contributed by atoms with E-state index in [0.29, 0.717) is 5.69 Å². The minimum absolute atomic E-state index is 0.154. The van der Waals surface area contributed by atoms with E-state index in [4.69, 9.17) is 5.11 Å². The Hall–Kier alpha value is -2.89. The van der Waals surface area contributed by atoms with Gasteiger partial charge in [0, 0.05) is 5.56 Å². The second-order valence-electron chi connectivity index (χ2n) is 4.42. The van der Waals surface area contributed by atoms with Crippen LogP contribution < -0.4 is 5.32 Å². The van der Waals surface area contributed by atoms with E-state index in [2.05, 4.69) is 22.1 Å². The minimum atomic E-state index is -1.11. The van der Waals surface area contributed by atoms with Gasteiger partial charge in [-0.2, -0.15) is 5.10 Å². The first-order valence-electron chi connectivity index (χ1n) is 6.37. The van der Waals surface area contributed by atoms with Gasteiger partial charge in [-0.15, -0.1) is 6.58 Å². The summed E-state index contributed by atoms with van der Waals surface area (Å²) in [4.78, 5) is 23.0. The van der Waals surface area contributed by atoms with Crippen LogP contribution in [0.15, 0.2) is 49.1 Å². The summed E-state index contributed by atoms with van der Waals surface area (Å²) >= 11 is 0. The normalized spacial score (nSPS) is 11.6. The van der Waals surface area contributed by atoms with Gasteiger partial charge in [-0.25, -0.2) is 4.79 Å². The molecule has 0 bridgehead atoms. The molecule has 2 aromatic rings. The molecule has 21 heavy (non-hydrogen) atoms. The first-order valence-corrected chi connectivity index (χ1v) is 6.37. The highest BCUT2D eigenvalue weighted by Crippen LogP contribution is 2.16. The van der Waals surface area contributed by atoms with E-state index in [-0.39, 0.29) is 12.1 Å². The second-order valence-corrected chi connectivity index (χ2v) is 4.42. The van der Waals surface area contributed by atoms with Crippen LogP contribution in [0.5, 0.6) is 0 Å². The van der Waals surface area contributed by atoms with Crippen molar-refractivity contribution in [2.75, 3.05) is 0 Å². The van der Waals surface area contributed by atoms with Gasteiger partial charge >= 0.3 is 5.97 Å². The largest absolute Gasteiger partial charge is 0.480 e. The third-order valence-corrected chi connectivity index (χ3v) is 2.90. The Morgan fingerprint density at radius 3 is 2.71 bits per heavy atom. The summed E-state index contributed by atoms with van der Waals surface area (Å²) in [7, 11) is 0.